The van der Waals surface area contributed by atoms with Crippen LogP contribution in [0.5, 0.6) is 11.5 Å². The van der Waals surface area contributed by atoms with Crippen LogP contribution in [0.3, 0.4) is 0 Å². The number of carbonyl (C=O) groups excluding carboxylic acids is 2. The molecule has 0 saturated heterocycles. The van der Waals surface area contributed by atoms with Gasteiger partial charge in [-0.15, -0.1) is 0 Å². The largest absolute Gasteiger partial charge is 0.454 e. The van der Waals surface area contributed by atoms with Gasteiger partial charge in [-0.2, -0.15) is 0 Å². The van der Waals surface area contributed by atoms with Gasteiger partial charge in [0.25, 0.3) is 0 Å². The fourth-order valence-electron chi connectivity index (χ4n) is 2.88. The van der Waals surface area contributed by atoms with Gasteiger partial charge < -0.3 is 25.0 Å². The van der Waals surface area contributed by atoms with E-state index in [9.17, 15) is 9.59 Å². The molecule has 25 heavy (non-hydrogen) atoms. The normalized spacial score (nSPS) is 20.4. The molecule has 0 bridgehead atoms. The monoisotopic (exact) mass is 347 g/mol. The first-order chi connectivity index (χ1) is 12.0. The van der Waals surface area contributed by atoms with Gasteiger partial charge in [0.15, 0.2) is 11.5 Å². The topological polar surface area (TPSA) is 79.9 Å². The van der Waals surface area contributed by atoms with Crippen molar-refractivity contribution in [3.05, 3.63) is 23.8 Å². The number of benzene rings is 1. The Balaban J connectivity index is 1.37. The fourth-order valence-corrected chi connectivity index (χ4v) is 2.88. The first kappa shape index (κ1) is 17.5. The first-order valence-electron chi connectivity index (χ1n) is 8.63. The Morgan fingerprint density at radius 1 is 1.12 bits per heavy atom. The third kappa shape index (κ3) is 4.63. The van der Waals surface area contributed by atoms with Crippen molar-refractivity contribution >= 4 is 11.8 Å². The summed E-state index contributed by atoms with van der Waals surface area (Å²) in [6, 6.07) is 5.60. The molecule has 1 fully saturated rings. The predicted octanol–water partition coefficient (Wildman–Crippen LogP) is 0.736. The van der Waals surface area contributed by atoms with Crippen LogP contribution in [0.4, 0.5) is 0 Å². The maximum absolute atomic E-state index is 12.2. The van der Waals surface area contributed by atoms with E-state index in [0.717, 1.165) is 24.3 Å². The summed E-state index contributed by atoms with van der Waals surface area (Å²) in [6.07, 6.45) is 1.54. The van der Waals surface area contributed by atoms with Crippen molar-refractivity contribution in [1.82, 2.24) is 15.5 Å². The summed E-state index contributed by atoms with van der Waals surface area (Å²) in [7, 11) is 4.01. The molecule has 7 heteroatoms. The second-order valence-corrected chi connectivity index (χ2v) is 6.80. The van der Waals surface area contributed by atoms with Crippen molar-refractivity contribution in [3.8, 4) is 11.5 Å². The smallest absolute Gasteiger partial charge is 0.231 e. The fraction of sp³-hybridized carbons (Fsp3) is 0.556. The van der Waals surface area contributed by atoms with Gasteiger partial charge in [-0.3, -0.25) is 9.59 Å². The standard InChI is InChI=1S/C18H25N3O4/c1-21(2)7-3-6-19-17(22)13-9-14(13)18(23)20-10-12-4-5-15-16(8-12)25-11-24-15/h4-5,8,13-14H,3,6-7,9-11H2,1-2H3,(H,19,22)(H,20,23). The highest BCUT2D eigenvalue weighted by Crippen LogP contribution is 2.39. The number of hydrogen-bond donors (Lipinski definition) is 2. The van der Waals surface area contributed by atoms with Crippen molar-refractivity contribution in [2.75, 3.05) is 34.0 Å². The summed E-state index contributed by atoms with van der Waals surface area (Å²) >= 11 is 0. The van der Waals surface area contributed by atoms with E-state index in [1.807, 2.05) is 32.3 Å². The first-order valence-corrected chi connectivity index (χ1v) is 8.63. The molecule has 0 radical (unpaired) electrons. The summed E-state index contributed by atoms with van der Waals surface area (Å²) in [4.78, 5) is 26.3. The summed E-state index contributed by atoms with van der Waals surface area (Å²) in [6.45, 7) is 2.24. The van der Waals surface area contributed by atoms with E-state index < -0.39 is 0 Å². The Labute approximate surface area is 147 Å². The zero-order valence-corrected chi connectivity index (χ0v) is 14.7. The van der Waals surface area contributed by atoms with Crippen LogP contribution in [-0.2, 0) is 16.1 Å². The molecule has 2 N–H and O–H groups in total. The van der Waals surface area contributed by atoms with Crippen LogP contribution in [0.2, 0.25) is 0 Å². The second-order valence-electron chi connectivity index (χ2n) is 6.80. The number of carbonyl (C=O) groups is 2. The molecule has 1 saturated carbocycles. The third-order valence-corrected chi connectivity index (χ3v) is 4.45. The minimum atomic E-state index is -0.206. The minimum Gasteiger partial charge on any atom is -0.454 e. The molecule has 3 rings (SSSR count). The lowest BCUT2D eigenvalue weighted by Gasteiger charge is -2.10. The number of nitrogens with one attached hydrogen (secondary N) is 2. The van der Waals surface area contributed by atoms with Crippen LogP contribution in [0, 0.1) is 11.8 Å². The molecule has 2 amide bonds. The molecular formula is C18H25N3O4. The van der Waals surface area contributed by atoms with Crippen LogP contribution in [0.1, 0.15) is 18.4 Å². The maximum atomic E-state index is 12.2. The highest BCUT2D eigenvalue weighted by molar-refractivity contribution is 5.92. The number of amides is 2. The average molecular weight is 347 g/mol. The SMILES string of the molecule is CN(C)CCCNC(=O)C1CC1C(=O)NCc1ccc2c(c1)OCO2. The van der Waals surface area contributed by atoms with Crippen LogP contribution >= 0.6 is 0 Å². The van der Waals surface area contributed by atoms with Gasteiger partial charge in [-0.05, 0) is 51.2 Å². The molecule has 1 aliphatic heterocycles. The van der Waals surface area contributed by atoms with E-state index in [4.69, 9.17) is 9.47 Å². The maximum Gasteiger partial charge on any atom is 0.231 e. The Kier molecular flexibility index (Phi) is 5.43. The van der Waals surface area contributed by atoms with Crippen LogP contribution in [0.25, 0.3) is 0 Å². The van der Waals surface area contributed by atoms with E-state index in [0.29, 0.717) is 25.3 Å². The molecule has 0 aromatic heterocycles. The minimum absolute atomic E-state index is 0.0121. The lowest BCUT2D eigenvalue weighted by atomic mass is 10.2. The molecule has 2 atom stereocenters. The second kappa shape index (κ2) is 7.74. The number of nitrogens with zero attached hydrogens (tertiary/aromatic N) is 1. The zero-order valence-electron chi connectivity index (χ0n) is 14.7. The molecule has 1 aromatic carbocycles. The zero-order chi connectivity index (χ0) is 17.8. The Morgan fingerprint density at radius 3 is 2.60 bits per heavy atom. The average Bonchev–Trinajstić information content (AvgIpc) is 3.26. The van der Waals surface area contributed by atoms with Crippen molar-refractivity contribution in [2.45, 2.75) is 19.4 Å². The molecule has 7 nitrogen and oxygen atoms in total. The number of hydrogen-bond acceptors (Lipinski definition) is 5. The number of ether oxygens (including phenoxy) is 2. The number of fused-ring (bicyclic) bond motifs is 1. The molecule has 2 aliphatic rings. The van der Waals surface area contributed by atoms with Gasteiger partial charge >= 0.3 is 0 Å². The van der Waals surface area contributed by atoms with E-state index in [2.05, 4.69) is 15.5 Å². The van der Waals surface area contributed by atoms with Crippen molar-refractivity contribution < 1.29 is 19.1 Å². The van der Waals surface area contributed by atoms with Gasteiger partial charge in [-0.1, -0.05) is 6.07 Å². The summed E-state index contributed by atoms with van der Waals surface area (Å²) in [5.74, 6) is 0.962. The molecule has 1 aliphatic carbocycles. The lowest BCUT2D eigenvalue weighted by molar-refractivity contribution is -0.127. The predicted molar refractivity (Wildman–Crippen MR) is 92.2 cm³/mol. The highest BCUT2D eigenvalue weighted by Gasteiger charge is 2.47. The lowest BCUT2D eigenvalue weighted by Crippen LogP contribution is -2.31. The van der Waals surface area contributed by atoms with Gasteiger partial charge in [0, 0.05) is 13.1 Å². The third-order valence-electron chi connectivity index (χ3n) is 4.45. The van der Waals surface area contributed by atoms with Crippen LogP contribution in [-0.4, -0.2) is 50.7 Å². The van der Waals surface area contributed by atoms with Gasteiger partial charge in [0.1, 0.15) is 0 Å². The van der Waals surface area contributed by atoms with Crippen LogP contribution < -0.4 is 20.1 Å². The summed E-state index contributed by atoms with van der Waals surface area (Å²) in [5, 5.41) is 5.81. The summed E-state index contributed by atoms with van der Waals surface area (Å²) < 4.78 is 10.6. The Bertz CT molecular complexity index is 647. The molecule has 2 unspecified atom stereocenters. The summed E-state index contributed by atoms with van der Waals surface area (Å²) in [5.41, 5.74) is 0.947. The highest BCUT2D eigenvalue weighted by atomic mass is 16.7. The molecule has 1 heterocycles. The van der Waals surface area contributed by atoms with E-state index >= 15 is 0 Å². The van der Waals surface area contributed by atoms with Crippen molar-refractivity contribution in [3.63, 3.8) is 0 Å². The quantitative estimate of drug-likeness (QED) is 0.678. The van der Waals surface area contributed by atoms with E-state index in [-0.39, 0.29) is 30.4 Å². The van der Waals surface area contributed by atoms with Gasteiger partial charge in [0.2, 0.25) is 18.6 Å². The van der Waals surface area contributed by atoms with Crippen LogP contribution in [0.15, 0.2) is 18.2 Å². The Morgan fingerprint density at radius 2 is 1.84 bits per heavy atom. The van der Waals surface area contributed by atoms with E-state index in [1.165, 1.54) is 0 Å². The number of rotatable bonds is 8. The van der Waals surface area contributed by atoms with Gasteiger partial charge in [0.05, 0.1) is 11.8 Å². The van der Waals surface area contributed by atoms with E-state index in [1.54, 1.807) is 0 Å². The molecule has 1 aromatic rings. The Hall–Kier alpha value is -2.28. The van der Waals surface area contributed by atoms with Gasteiger partial charge in [-0.25, -0.2) is 0 Å². The molecular weight excluding hydrogens is 322 g/mol. The molecule has 136 valence electrons. The van der Waals surface area contributed by atoms with Crippen molar-refractivity contribution in [1.29, 1.82) is 0 Å². The van der Waals surface area contributed by atoms with Crippen molar-refractivity contribution in [2.24, 2.45) is 11.8 Å². The molecule has 0 spiro atoms.